The SMILES string of the molecule is CCNC(N)=NCCc1ccc(OC)cc1Cl. The van der Waals surface area contributed by atoms with Gasteiger partial charge in [-0.1, -0.05) is 17.7 Å². The van der Waals surface area contributed by atoms with Gasteiger partial charge >= 0.3 is 0 Å². The Morgan fingerprint density at radius 1 is 1.53 bits per heavy atom. The molecule has 0 aromatic heterocycles. The molecule has 0 heterocycles. The molecular formula is C12H18ClN3O. The van der Waals surface area contributed by atoms with Crippen LogP contribution in [0.2, 0.25) is 5.02 Å². The number of nitrogens with one attached hydrogen (secondary N) is 1. The largest absolute Gasteiger partial charge is 0.497 e. The highest BCUT2D eigenvalue weighted by Gasteiger charge is 2.01. The molecule has 0 radical (unpaired) electrons. The van der Waals surface area contributed by atoms with Crippen molar-refractivity contribution in [2.75, 3.05) is 20.2 Å². The number of nitrogens with two attached hydrogens (primary N) is 1. The van der Waals surface area contributed by atoms with E-state index in [1.807, 2.05) is 19.1 Å². The van der Waals surface area contributed by atoms with E-state index in [9.17, 15) is 0 Å². The van der Waals surface area contributed by atoms with Crippen LogP contribution in [-0.2, 0) is 6.42 Å². The maximum atomic E-state index is 6.11. The first-order valence-corrected chi connectivity index (χ1v) is 5.91. The molecular weight excluding hydrogens is 238 g/mol. The molecule has 94 valence electrons. The van der Waals surface area contributed by atoms with E-state index in [2.05, 4.69) is 10.3 Å². The first-order valence-electron chi connectivity index (χ1n) is 5.53. The average molecular weight is 256 g/mol. The van der Waals surface area contributed by atoms with Gasteiger partial charge in [0.2, 0.25) is 0 Å². The van der Waals surface area contributed by atoms with Crippen LogP contribution in [0.15, 0.2) is 23.2 Å². The van der Waals surface area contributed by atoms with Crippen molar-refractivity contribution in [3.8, 4) is 5.75 Å². The molecule has 0 aliphatic carbocycles. The fraction of sp³-hybridized carbons (Fsp3) is 0.417. The summed E-state index contributed by atoms with van der Waals surface area (Å²) in [5, 5.41) is 3.64. The maximum absolute atomic E-state index is 6.11. The maximum Gasteiger partial charge on any atom is 0.188 e. The van der Waals surface area contributed by atoms with Crippen molar-refractivity contribution in [3.63, 3.8) is 0 Å². The predicted molar refractivity (Wildman–Crippen MR) is 71.9 cm³/mol. The molecule has 17 heavy (non-hydrogen) atoms. The van der Waals surface area contributed by atoms with Gasteiger partial charge in [0.1, 0.15) is 5.75 Å². The highest BCUT2D eigenvalue weighted by molar-refractivity contribution is 6.31. The molecule has 3 N–H and O–H groups in total. The number of aliphatic imine (C=N–C) groups is 1. The summed E-state index contributed by atoms with van der Waals surface area (Å²) in [6.07, 6.45) is 0.759. The Hall–Kier alpha value is -1.42. The van der Waals surface area contributed by atoms with Crippen molar-refractivity contribution in [2.45, 2.75) is 13.3 Å². The monoisotopic (exact) mass is 255 g/mol. The lowest BCUT2D eigenvalue weighted by Crippen LogP contribution is -2.31. The Bertz CT molecular complexity index is 393. The number of rotatable bonds is 5. The van der Waals surface area contributed by atoms with Gasteiger partial charge in [0.15, 0.2) is 5.96 Å². The van der Waals surface area contributed by atoms with E-state index >= 15 is 0 Å². The zero-order valence-electron chi connectivity index (χ0n) is 10.2. The molecule has 0 aliphatic rings. The Kier molecular flexibility index (Phi) is 5.63. The normalized spacial score (nSPS) is 11.4. The fourth-order valence-electron chi connectivity index (χ4n) is 1.39. The Balaban J connectivity index is 2.55. The molecule has 4 nitrogen and oxygen atoms in total. The molecule has 0 amide bonds. The molecule has 0 spiro atoms. The highest BCUT2D eigenvalue weighted by atomic mass is 35.5. The third-order valence-electron chi connectivity index (χ3n) is 2.28. The second-order valence-corrected chi connectivity index (χ2v) is 3.91. The van der Waals surface area contributed by atoms with Gasteiger partial charge in [-0.15, -0.1) is 0 Å². The van der Waals surface area contributed by atoms with Gasteiger partial charge in [-0.2, -0.15) is 0 Å². The molecule has 0 saturated carbocycles. The van der Waals surface area contributed by atoms with Gasteiger partial charge in [0, 0.05) is 18.1 Å². The second kappa shape index (κ2) is 7.01. The Morgan fingerprint density at radius 3 is 2.88 bits per heavy atom. The summed E-state index contributed by atoms with van der Waals surface area (Å²) in [5.41, 5.74) is 6.66. The summed E-state index contributed by atoms with van der Waals surface area (Å²) in [7, 11) is 1.62. The minimum absolute atomic E-state index is 0.470. The Morgan fingerprint density at radius 2 is 2.29 bits per heavy atom. The molecule has 1 rings (SSSR count). The number of hydrogen-bond donors (Lipinski definition) is 2. The number of halogens is 1. The minimum Gasteiger partial charge on any atom is -0.497 e. The van der Waals surface area contributed by atoms with Gasteiger partial charge in [0.05, 0.1) is 7.11 Å². The second-order valence-electron chi connectivity index (χ2n) is 3.50. The molecule has 0 aliphatic heterocycles. The van der Waals surface area contributed by atoms with Crippen LogP contribution in [-0.4, -0.2) is 26.2 Å². The zero-order chi connectivity index (χ0) is 12.7. The number of hydrogen-bond acceptors (Lipinski definition) is 2. The van der Waals surface area contributed by atoms with Crippen LogP contribution >= 0.6 is 11.6 Å². The average Bonchev–Trinajstić information content (AvgIpc) is 2.31. The summed E-state index contributed by atoms with van der Waals surface area (Å²) in [4.78, 5) is 4.19. The third kappa shape index (κ3) is 4.53. The van der Waals surface area contributed by atoms with Gasteiger partial charge in [-0.3, -0.25) is 4.99 Å². The lowest BCUT2D eigenvalue weighted by Gasteiger charge is -2.06. The van der Waals surface area contributed by atoms with E-state index in [0.717, 1.165) is 24.3 Å². The molecule has 0 atom stereocenters. The number of methoxy groups -OCH3 is 1. The molecule has 1 aromatic carbocycles. The molecule has 0 fully saturated rings. The Labute approximate surface area is 107 Å². The van der Waals surface area contributed by atoms with Crippen LogP contribution in [0.25, 0.3) is 0 Å². The number of nitrogens with zero attached hydrogens (tertiary/aromatic N) is 1. The standard InChI is InChI=1S/C12H18ClN3O/c1-3-15-12(14)16-7-6-9-4-5-10(17-2)8-11(9)13/h4-5,8H,3,6-7H2,1-2H3,(H3,14,15,16). The smallest absolute Gasteiger partial charge is 0.188 e. The summed E-state index contributed by atoms with van der Waals surface area (Å²) >= 11 is 6.11. The van der Waals surface area contributed by atoms with Crippen LogP contribution in [0.3, 0.4) is 0 Å². The lowest BCUT2D eigenvalue weighted by atomic mass is 10.1. The highest BCUT2D eigenvalue weighted by Crippen LogP contribution is 2.22. The molecule has 1 aromatic rings. The van der Waals surface area contributed by atoms with Gasteiger partial charge < -0.3 is 15.8 Å². The van der Waals surface area contributed by atoms with Crippen LogP contribution in [0.4, 0.5) is 0 Å². The van der Waals surface area contributed by atoms with E-state index in [1.54, 1.807) is 13.2 Å². The van der Waals surface area contributed by atoms with Gasteiger partial charge in [0.25, 0.3) is 0 Å². The van der Waals surface area contributed by atoms with E-state index in [1.165, 1.54) is 0 Å². The fourth-order valence-corrected chi connectivity index (χ4v) is 1.66. The van der Waals surface area contributed by atoms with E-state index < -0.39 is 0 Å². The first-order chi connectivity index (χ1) is 8.17. The zero-order valence-corrected chi connectivity index (χ0v) is 10.9. The quantitative estimate of drug-likeness (QED) is 0.623. The van der Waals surface area contributed by atoms with Crippen molar-refractivity contribution in [3.05, 3.63) is 28.8 Å². The lowest BCUT2D eigenvalue weighted by molar-refractivity contribution is 0.414. The van der Waals surface area contributed by atoms with Crippen molar-refractivity contribution in [2.24, 2.45) is 10.7 Å². The van der Waals surface area contributed by atoms with Crippen LogP contribution in [0.1, 0.15) is 12.5 Å². The van der Waals surface area contributed by atoms with Crippen molar-refractivity contribution >= 4 is 17.6 Å². The van der Waals surface area contributed by atoms with Gasteiger partial charge in [-0.05, 0) is 31.0 Å². The predicted octanol–water partition coefficient (Wildman–Crippen LogP) is 1.82. The number of guanidine groups is 1. The summed E-state index contributed by atoms with van der Waals surface area (Å²) in [6, 6.07) is 5.63. The van der Waals surface area contributed by atoms with Crippen LogP contribution in [0, 0.1) is 0 Å². The summed E-state index contributed by atoms with van der Waals surface area (Å²) < 4.78 is 5.08. The number of benzene rings is 1. The van der Waals surface area contributed by atoms with Crippen molar-refractivity contribution < 1.29 is 4.74 Å². The van der Waals surface area contributed by atoms with Crippen LogP contribution in [0.5, 0.6) is 5.75 Å². The van der Waals surface area contributed by atoms with E-state index in [-0.39, 0.29) is 0 Å². The van der Waals surface area contributed by atoms with E-state index in [0.29, 0.717) is 17.5 Å². The van der Waals surface area contributed by atoms with Crippen LogP contribution < -0.4 is 15.8 Å². The molecule has 0 saturated heterocycles. The van der Waals surface area contributed by atoms with E-state index in [4.69, 9.17) is 22.1 Å². The summed E-state index contributed by atoms with van der Waals surface area (Å²) in [5.74, 6) is 1.23. The summed E-state index contributed by atoms with van der Waals surface area (Å²) in [6.45, 7) is 3.37. The first kappa shape index (κ1) is 13.6. The molecule has 0 unspecified atom stereocenters. The minimum atomic E-state index is 0.470. The van der Waals surface area contributed by atoms with Gasteiger partial charge in [-0.25, -0.2) is 0 Å². The van der Waals surface area contributed by atoms with Crippen molar-refractivity contribution in [1.82, 2.24) is 5.32 Å². The van der Waals surface area contributed by atoms with Crippen molar-refractivity contribution in [1.29, 1.82) is 0 Å². The third-order valence-corrected chi connectivity index (χ3v) is 2.63. The molecule has 5 heteroatoms. The molecule has 0 bridgehead atoms. The number of ether oxygens (including phenoxy) is 1. The topological polar surface area (TPSA) is 59.6 Å².